The van der Waals surface area contributed by atoms with Crippen molar-refractivity contribution in [1.29, 1.82) is 0 Å². The molecule has 0 saturated heterocycles. The maximum atomic E-state index is 10.1. The molecule has 0 heterocycles. The lowest BCUT2D eigenvalue weighted by atomic mass is 10.0. The Morgan fingerprint density at radius 3 is 1.27 bits per heavy atom. The molecule has 0 spiro atoms. The van der Waals surface area contributed by atoms with Crippen LogP contribution in [0.15, 0.2) is 0 Å². The Labute approximate surface area is 145 Å². The highest BCUT2D eigenvalue weighted by atomic mass is 16.4. The second-order valence-corrected chi connectivity index (χ2v) is 4.84. The first-order valence-corrected chi connectivity index (χ1v) is 6.77. The normalized spacial score (nSPS) is 15.2. The van der Waals surface area contributed by atoms with Gasteiger partial charge in [0.25, 0.3) is 0 Å². The molecule has 0 aliphatic rings. The van der Waals surface area contributed by atoms with Gasteiger partial charge in [-0.1, -0.05) is 0 Å². The van der Waals surface area contributed by atoms with Crippen LogP contribution in [0.4, 0.5) is 0 Å². The van der Waals surface area contributed by atoms with Gasteiger partial charge in [0.1, 0.15) is 18.3 Å². The third-order valence-electron chi connectivity index (χ3n) is 2.58. The summed E-state index contributed by atoms with van der Waals surface area (Å²) in [6, 6.07) is 0. The Hall–Kier alpha value is -2.36. The van der Waals surface area contributed by atoms with E-state index in [2.05, 4.69) is 0 Å². The predicted molar refractivity (Wildman–Crippen MR) is 78.1 cm³/mol. The molecule has 4 unspecified atom stereocenters. The number of aliphatic hydroxyl groups is 5. The Bertz CT molecular complexity index is 444. The number of hydrogen-bond acceptors (Lipinski definition) is 10. The van der Waals surface area contributed by atoms with E-state index in [1.165, 1.54) is 0 Å². The van der Waals surface area contributed by atoms with E-state index in [1.54, 1.807) is 0 Å². The SMILES string of the molecule is O=C(O)C(O)C(O)C(O)C(O)CO.O=C(O)CN(CC(=O)O)CC(=O)O. The Morgan fingerprint density at radius 1 is 0.692 bits per heavy atom. The van der Waals surface area contributed by atoms with Crippen molar-refractivity contribution in [3.05, 3.63) is 0 Å². The third kappa shape index (κ3) is 12.1. The van der Waals surface area contributed by atoms with E-state index in [-0.39, 0.29) is 0 Å². The van der Waals surface area contributed by atoms with Crippen LogP contribution in [0.1, 0.15) is 0 Å². The molecule has 0 aliphatic heterocycles. The van der Waals surface area contributed by atoms with Gasteiger partial charge in [-0.15, -0.1) is 0 Å². The second kappa shape index (κ2) is 12.9. The summed E-state index contributed by atoms with van der Waals surface area (Å²) in [6.07, 6.45) is -7.84. The Balaban J connectivity index is 0. The molecule has 0 aromatic heterocycles. The average Bonchev–Trinajstić information content (AvgIpc) is 2.50. The lowest BCUT2D eigenvalue weighted by molar-refractivity contribution is -0.164. The van der Waals surface area contributed by atoms with Crippen LogP contribution in [0.25, 0.3) is 0 Å². The van der Waals surface area contributed by atoms with Crippen LogP contribution >= 0.6 is 0 Å². The van der Waals surface area contributed by atoms with E-state index < -0.39 is 74.5 Å². The molecule has 14 heteroatoms. The smallest absolute Gasteiger partial charge is 0.335 e. The number of carboxylic acid groups (broad SMARTS) is 4. The van der Waals surface area contributed by atoms with Gasteiger partial charge < -0.3 is 46.0 Å². The fourth-order valence-corrected chi connectivity index (χ4v) is 1.41. The zero-order chi connectivity index (χ0) is 21.0. The lowest BCUT2D eigenvalue weighted by Crippen LogP contribution is -2.48. The lowest BCUT2D eigenvalue weighted by Gasteiger charge is -2.23. The van der Waals surface area contributed by atoms with E-state index in [0.29, 0.717) is 0 Å². The van der Waals surface area contributed by atoms with Crippen LogP contribution in [0.5, 0.6) is 0 Å². The molecule has 0 amide bonds. The summed E-state index contributed by atoms with van der Waals surface area (Å²) in [5.41, 5.74) is 0. The molecule has 9 N–H and O–H groups in total. The summed E-state index contributed by atoms with van der Waals surface area (Å²) < 4.78 is 0. The molecule has 0 radical (unpaired) electrons. The van der Waals surface area contributed by atoms with Crippen molar-refractivity contribution in [1.82, 2.24) is 4.90 Å². The number of rotatable bonds is 11. The monoisotopic (exact) mass is 387 g/mol. The van der Waals surface area contributed by atoms with Crippen molar-refractivity contribution < 1.29 is 65.1 Å². The highest BCUT2D eigenvalue weighted by molar-refractivity contribution is 5.75. The highest BCUT2D eigenvalue weighted by Crippen LogP contribution is 2.04. The summed E-state index contributed by atoms with van der Waals surface area (Å²) in [5.74, 6) is -5.51. The zero-order valence-electron chi connectivity index (χ0n) is 13.2. The Morgan fingerprint density at radius 2 is 1.04 bits per heavy atom. The molecule has 0 rings (SSSR count). The molecule has 14 nitrogen and oxygen atoms in total. The van der Waals surface area contributed by atoms with Gasteiger partial charge in [-0.3, -0.25) is 19.3 Å². The van der Waals surface area contributed by atoms with Crippen molar-refractivity contribution in [2.75, 3.05) is 26.2 Å². The third-order valence-corrected chi connectivity index (χ3v) is 2.58. The first-order chi connectivity index (χ1) is 11.8. The minimum atomic E-state index is -2.20. The molecule has 0 fully saturated rings. The summed E-state index contributed by atoms with van der Waals surface area (Å²) in [5, 5.41) is 76.7. The van der Waals surface area contributed by atoms with E-state index in [9.17, 15) is 19.2 Å². The summed E-state index contributed by atoms with van der Waals surface area (Å²) in [6.45, 7) is -2.64. The summed E-state index contributed by atoms with van der Waals surface area (Å²) >= 11 is 0. The number of carbonyl (C=O) groups is 4. The van der Waals surface area contributed by atoms with Crippen LogP contribution in [0.2, 0.25) is 0 Å². The van der Waals surface area contributed by atoms with Crippen molar-refractivity contribution in [2.24, 2.45) is 0 Å². The van der Waals surface area contributed by atoms with Crippen LogP contribution in [-0.2, 0) is 19.2 Å². The maximum Gasteiger partial charge on any atom is 0.335 e. The molecule has 0 aromatic rings. The molecule has 4 atom stereocenters. The Kier molecular flexibility index (Phi) is 12.9. The molecular weight excluding hydrogens is 366 g/mol. The van der Waals surface area contributed by atoms with E-state index in [0.717, 1.165) is 4.90 Å². The molecule has 26 heavy (non-hydrogen) atoms. The predicted octanol–water partition coefficient (Wildman–Crippen LogP) is -4.95. The molecule has 0 saturated carbocycles. The highest BCUT2D eigenvalue weighted by Gasteiger charge is 2.33. The fourth-order valence-electron chi connectivity index (χ4n) is 1.41. The number of hydrogen-bond donors (Lipinski definition) is 9. The molecule has 0 bridgehead atoms. The van der Waals surface area contributed by atoms with Gasteiger partial charge in [0.15, 0.2) is 6.10 Å². The number of aliphatic carboxylic acids is 4. The van der Waals surface area contributed by atoms with Gasteiger partial charge in [-0.25, -0.2) is 4.79 Å². The largest absolute Gasteiger partial charge is 0.480 e. The molecular formula is C12H21NO13. The van der Waals surface area contributed by atoms with Gasteiger partial charge in [0, 0.05) is 0 Å². The van der Waals surface area contributed by atoms with Gasteiger partial charge in [0.05, 0.1) is 26.2 Å². The van der Waals surface area contributed by atoms with Crippen LogP contribution < -0.4 is 0 Å². The minimum absolute atomic E-state index is 0.599. The molecule has 0 aliphatic carbocycles. The zero-order valence-corrected chi connectivity index (χ0v) is 13.2. The van der Waals surface area contributed by atoms with Crippen LogP contribution in [0.3, 0.4) is 0 Å². The van der Waals surface area contributed by atoms with Crippen molar-refractivity contribution in [3.63, 3.8) is 0 Å². The topological polar surface area (TPSA) is 254 Å². The summed E-state index contributed by atoms with van der Waals surface area (Å²) in [7, 11) is 0. The second-order valence-electron chi connectivity index (χ2n) is 4.84. The summed E-state index contributed by atoms with van der Waals surface area (Å²) in [4.78, 5) is 41.3. The molecule has 152 valence electrons. The minimum Gasteiger partial charge on any atom is -0.480 e. The fraction of sp³-hybridized carbons (Fsp3) is 0.667. The van der Waals surface area contributed by atoms with Gasteiger partial charge in [0.2, 0.25) is 0 Å². The molecule has 0 aromatic carbocycles. The van der Waals surface area contributed by atoms with Crippen molar-refractivity contribution >= 4 is 23.9 Å². The van der Waals surface area contributed by atoms with Gasteiger partial charge >= 0.3 is 23.9 Å². The first kappa shape index (κ1) is 25.9. The number of aliphatic hydroxyl groups excluding tert-OH is 5. The van der Waals surface area contributed by atoms with E-state index >= 15 is 0 Å². The van der Waals surface area contributed by atoms with Crippen molar-refractivity contribution in [3.8, 4) is 0 Å². The van der Waals surface area contributed by atoms with Gasteiger partial charge in [-0.2, -0.15) is 0 Å². The van der Waals surface area contributed by atoms with Gasteiger partial charge in [-0.05, 0) is 0 Å². The van der Waals surface area contributed by atoms with Crippen LogP contribution in [0, 0.1) is 0 Å². The first-order valence-electron chi connectivity index (χ1n) is 6.77. The van der Waals surface area contributed by atoms with Crippen molar-refractivity contribution in [2.45, 2.75) is 24.4 Å². The number of carboxylic acids is 4. The van der Waals surface area contributed by atoms with E-state index in [1.807, 2.05) is 0 Å². The van der Waals surface area contributed by atoms with Crippen LogP contribution in [-0.4, -0.2) is 125 Å². The standard InChI is InChI=1S/C6H9NO6.C6H12O7/c8-4(9)1-7(2-5(10)11)3-6(12)13;7-1-2(8)3(9)4(10)5(11)6(12)13/h1-3H2,(H,8,9)(H,10,11)(H,12,13);2-5,7-11H,1H2,(H,12,13). The average molecular weight is 387 g/mol. The quantitative estimate of drug-likeness (QED) is 0.161. The maximum absolute atomic E-state index is 10.1. The van der Waals surface area contributed by atoms with E-state index in [4.69, 9.17) is 46.0 Å². The number of nitrogens with zero attached hydrogens (tertiary/aromatic N) is 1.